The van der Waals surface area contributed by atoms with Crippen LogP contribution in [0.5, 0.6) is 17.2 Å². The number of methoxy groups -OCH3 is 2. The number of nitrogens with one attached hydrogen (secondary N) is 1. The topological polar surface area (TPSA) is 77.1 Å². The summed E-state index contributed by atoms with van der Waals surface area (Å²) in [6.07, 6.45) is 1.61. The van der Waals surface area contributed by atoms with E-state index in [2.05, 4.69) is 5.32 Å². The fourth-order valence-corrected chi connectivity index (χ4v) is 4.43. The standard InChI is InChI=1S/C31H31F3N2O5/c1-39-26-19-22(9-6-21-7-14-25(15-8-21)41-18-17-36-16-4-3-5-28(36)37)29(27(20-26)40-2)30(38)35-24-12-10-23(11-13-24)31(32,33)34/h6-15,19-20H,3-5,16-18H2,1-2H3,(H,35,38)/b9-6+. The van der Waals surface area contributed by atoms with E-state index >= 15 is 0 Å². The molecule has 4 rings (SSSR count). The number of ether oxygens (including phenoxy) is 3. The highest BCUT2D eigenvalue weighted by molar-refractivity contribution is 6.09. The van der Waals surface area contributed by atoms with Crippen LogP contribution in [0.25, 0.3) is 12.2 Å². The third-order valence-electron chi connectivity index (χ3n) is 6.65. The number of likely N-dealkylation sites (tertiary alicyclic amines) is 1. The smallest absolute Gasteiger partial charge is 0.416 e. The van der Waals surface area contributed by atoms with Crippen molar-refractivity contribution in [2.24, 2.45) is 0 Å². The van der Waals surface area contributed by atoms with E-state index in [0.29, 0.717) is 36.6 Å². The van der Waals surface area contributed by atoms with E-state index in [1.807, 2.05) is 29.2 Å². The summed E-state index contributed by atoms with van der Waals surface area (Å²) >= 11 is 0. The van der Waals surface area contributed by atoms with E-state index in [1.165, 1.54) is 26.4 Å². The average Bonchev–Trinajstić information content (AvgIpc) is 2.97. The molecule has 0 unspecified atom stereocenters. The monoisotopic (exact) mass is 568 g/mol. The number of benzene rings is 3. The van der Waals surface area contributed by atoms with Crippen LogP contribution in [0.1, 0.15) is 46.3 Å². The van der Waals surface area contributed by atoms with Crippen LogP contribution in [-0.4, -0.2) is 50.6 Å². The molecule has 1 heterocycles. The summed E-state index contributed by atoms with van der Waals surface area (Å²) in [5.41, 5.74) is 0.902. The Morgan fingerprint density at radius 2 is 1.68 bits per heavy atom. The van der Waals surface area contributed by atoms with Crippen molar-refractivity contribution < 1.29 is 37.0 Å². The summed E-state index contributed by atoms with van der Waals surface area (Å²) in [7, 11) is 2.90. The molecule has 1 fully saturated rings. The zero-order valence-electron chi connectivity index (χ0n) is 22.8. The molecule has 10 heteroatoms. The Kier molecular flexibility index (Phi) is 9.54. The number of hydrogen-bond acceptors (Lipinski definition) is 5. The van der Waals surface area contributed by atoms with Crippen LogP contribution < -0.4 is 19.5 Å². The zero-order chi connectivity index (χ0) is 29.4. The van der Waals surface area contributed by atoms with Crippen molar-refractivity contribution in [1.82, 2.24) is 4.90 Å². The first-order chi connectivity index (χ1) is 19.7. The predicted octanol–water partition coefficient (Wildman–Crippen LogP) is 6.54. The van der Waals surface area contributed by atoms with Gasteiger partial charge in [-0.3, -0.25) is 9.59 Å². The van der Waals surface area contributed by atoms with Crippen LogP contribution in [0.4, 0.5) is 18.9 Å². The molecule has 2 amide bonds. The molecule has 0 bridgehead atoms. The maximum absolute atomic E-state index is 13.3. The molecule has 216 valence electrons. The maximum atomic E-state index is 13.3. The summed E-state index contributed by atoms with van der Waals surface area (Å²) in [5, 5.41) is 2.64. The van der Waals surface area contributed by atoms with Gasteiger partial charge in [0.1, 0.15) is 23.9 Å². The van der Waals surface area contributed by atoms with Crippen molar-refractivity contribution in [2.45, 2.75) is 25.4 Å². The molecule has 1 aliphatic heterocycles. The molecule has 41 heavy (non-hydrogen) atoms. The van der Waals surface area contributed by atoms with Gasteiger partial charge in [0.25, 0.3) is 5.91 Å². The summed E-state index contributed by atoms with van der Waals surface area (Å²) in [6.45, 7) is 1.72. The highest BCUT2D eigenvalue weighted by atomic mass is 19.4. The van der Waals surface area contributed by atoms with Gasteiger partial charge in [-0.1, -0.05) is 24.3 Å². The molecular formula is C31H31F3N2O5. The third kappa shape index (κ3) is 7.81. The molecule has 0 spiro atoms. The second kappa shape index (κ2) is 13.3. The molecule has 1 N–H and O–H groups in total. The van der Waals surface area contributed by atoms with Crippen LogP contribution in [0.15, 0.2) is 60.7 Å². The molecular weight excluding hydrogens is 537 g/mol. The SMILES string of the molecule is COc1cc(/C=C/c2ccc(OCCN3CCCCC3=O)cc2)c(C(=O)Nc2ccc(C(F)(F)F)cc2)c(OC)c1. The number of carbonyl (C=O) groups excluding carboxylic acids is 2. The number of rotatable bonds is 10. The van der Waals surface area contributed by atoms with E-state index in [0.717, 1.165) is 37.1 Å². The summed E-state index contributed by atoms with van der Waals surface area (Å²) in [4.78, 5) is 27.0. The van der Waals surface area contributed by atoms with Crippen LogP contribution in [0.3, 0.4) is 0 Å². The van der Waals surface area contributed by atoms with Crippen molar-refractivity contribution in [3.05, 3.63) is 82.9 Å². The minimum atomic E-state index is -4.47. The van der Waals surface area contributed by atoms with Crippen LogP contribution >= 0.6 is 0 Å². The molecule has 0 aliphatic carbocycles. The Morgan fingerprint density at radius 1 is 0.951 bits per heavy atom. The lowest BCUT2D eigenvalue weighted by molar-refractivity contribution is -0.137. The molecule has 1 aliphatic rings. The van der Waals surface area contributed by atoms with Crippen molar-refractivity contribution in [2.75, 3.05) is 39.2 Å². The Hall–Kier alpha value is -4.47. The molecule has 1 saturated heterocycles. The van der Waals surface area contributed by atoms with Crippen molar-refractivity contribution in [3.8, 4) is 17.2 Å². The van der Waals surface area contributed by atoms with Gasteiger partial charge in [0, 0.05) is 24.7 Å². The summed E-state index contributed by atoms with van der Waals surface area (Å²) < 4.78 is 55.3. The lowest BCUT2D eigenvalue weighted by Crippen LogP contribution is -2.38. The van der Waals surface area contributed by atoms with Crippen molar-refractivity contribution in [1.29, 1.82) is 0 Å². The highest BCUT2D eigenvalue weighted by Crippen LogP contribution is 2.32. The van der Waals surface area contributed by atoms with Gasteiger partial charge in [-0.15, -0.1) is 0 Å². The third-order valence-corrected chi connectivity index (χ3v) is 6.65. The number of anilines is 1. The Bertz CT molecular complexity index is 1390. The number of nitrogens with zero attached hydrogens (tertiary/aromatic N) is 1. The molecule has 7 nitrogen and oxygen atoms in total. The Labute approximate surface area is 236 Å². The minimum absolute atomic E-state index is 0.168. The Balaban J connectivity index is 1.48. The predicted molar refractivity (Wildman–Crippen MR) is 150 cm³/mol. The van der Waals surface area contributed by atoms with E-state index < -0.39 is 17.6 Å². The second-order valence-corrected chi connectivity index (χ2v) is 9.41. The lowest BCUT2D eigenvalue weighted by Gasteiger charge is -2.26. The molecule has 0 saturated carbocycles. The molecule has 0 aromatic heterocycles. The van der Waals surface area contributed by atoms with Crippen molar-refractivity contribution >= 4 is 29.7 Å². The van der Waals surface area contributed by atoms with Gasteiger partial charge in [-0.2, -0.15) is 13.2 Å². The molecule has 3 aromatic rings. The van der Waals surface area contributed by atoms with E-state index in [4.69, 9.17) is 14.2 Å². The largest absolute Gasteiger partial charge is 0.497 e. The lowest BCUT2D eigenvalue weighted by atomic mass is 10.0. The average molecular weight is 569 g/mol. The van der Waals surface area contributed by atoms with Gasteiger partial charge in [0.05, 0.1) is 31.9 Å². The first kappa shape index (κ1) is 29.5. The van der Waals surface area contributed by atoms with Gasteiger partial charge in [-0.25, -0.2) is 0 Å². The minimum Gasteiger partial charge on any atom is -0.497 e. The van der Waals surface area contributed by atoms with Gasteiger partial charge in [0.2, 0.25) is 5.91 Å². The molecule has 0 atom stereocenters. The van der Waals surface area contributed by atoms with Crippen LogP contribution in [0.2, 0.25) is 0 Å². The van der Waals surface area contributed by atoms with Crippen LogP contribution in [-0.2, 0) is 11.0 Å². The van der Waals surface area contributed by atoms with E-state index in [1.54, 1.807) is 24.3 Å². The quantitative estimate of drug-likeness (QED) is 0.281. The highest BCUT2D eigenvalue weighted by Gasteiger charge is 2.30. The zero-order valence-corrected chi connectivity index (χ0v) is 22.8. The van der Waals surface area contributed by atoms with Gasteiger partial charge < -0.3 is 24.4 Å². The van der Waals surface area contributed by atoms with Crippen molar-refractivity contribution in [3.63, 3.8) is 0 Å². The molecule has 3 aromatic carbocycles. The fraction of sp³-hybridized carbons (Fsp3) is 0.290. The number of hydrogen-bond donors (Lipinski definition) is 1. The Morgan fingerprint density at radius 3 is 2.32 bits per heavy atom. The summed E-state index contributed by atoms with van der Waals surface area (Å²) in [6, 6.07) is 14.8. The van der Waals surface area contributed by atoms with Gasteiger partial charge in [0.15, 0.2) is 0 Å². The number of halogens is 3. The second-order valence-electron chi connectivity index (χ2n) is 9.41. The van der Waals surface area contributed by atoms with Gasteiger partial charge >= 0.3 is 6.18 Å². The number of piperidine rings is 1. The van der Waals surface area contributed by atoms with E-state index in [9.17, 15) is 22.8 Å². The summed E-state index contributed by atoms with van der Waals surface area (Å²) in [5.74, 6) is 0.987. The van der Waals surface area contributed by atoms with E-state index in [-0.39, 0.29) is 22.9 Å². The first-order valence-corrected chi connectivity index (χ1v) is 13.1. The van der Waals surface area contributed by atoms with Gasteiger partial charge in [-0.05, 0) is 66.4 Å². The van der Waals surface area contributed by atoms with Crippen LogP contribution in [0, 0.1) is 0 Å². The number of amides is 2. The first-order valence-electron chi connectivity index (χ1n) is 13.1. The normalized spacial score (nSPS) is 13.8. The number of carbonyl (C=O) groups is 2. The maximum Gasteiger partial charge on any atom is 0.416 e. The number of alkyl halides is 3. The fourth-order valence-electron chi connectivity index (χ4n) is 4.43. The molecule has 0 radical (unpaired) electrons.